The van der Waals surface area contributed by atoms with Gasteiger partial charge in [0.25, 0.3) is 0 Å². The van der Waals surface area contributed by atoms with E-state index in [1.165, 1.54) is 51.4 Å². The van der Waals surface area contributed by atoms with E-state index in [2.05, 4.69) is 55.6 Å². The molecule has 0 saturated heterocycles. The summed E-state index contributed by atoms with van der Waals surface area (Å²) in [6, 6.07) is 0. The van der Waals surface area contributed by atoms with Crippen LogP contribution in [0.5, 0.6) is 0 Å². The Hall–Kier alpha value is -1.77. The van der Waals surface area contributed by atoms with Crippen molar-refractivity contribution in [1.82, 2.24) is 5.32 Å². The lowest BCUT2D eigenvalue weighted by Crippen LogP contribution is -2.27. The maximum atomic E-state index is 12.0. The summed E-state index contributed by atoms with van der Waals surface area (Å²) in [7, 11) is -4.41. The minimum Gasteiger partial charge on any atom is -0.463 e. The summed E-state index contributed by atoms with van der Waals surface area (Å²) in [6.45, 7) is 3.39. The minimum atomic E-state index is -4.41. The van der Waals surface area contributed by atoms with E-state index in [0.29, 0.717) is 6.42 Å². The number of aliphatic hydroxyl groups excluding tert-OH is 1. The van der Waals surface area contributed by atoms with Gasteiger partial charge in [-0.15, -0.1) is 0 Å². The number of allylic oxidation sites excluding steroid dienone is 6. The van der Waals surface area contributed by atoms with Crippen molar-refractivity contribution >= 4 is 19.7 Å². The number of hydrogen-bond donors (Lipinski definition) is 3. The quantitative estimate of drug-likeness (QED) is 0.0264. The molecule has 0 aliphatic heterocycles. The van der Waals surface area contributed by atoms with Gasteiger partial charge in [-0.1, -0.05) is 134 Å². The normalized spacial score (nSPS) is 13.9. The molecule has 0 aromatic rings. The number of hydrogen-bond acceptors (Lipinski definition) is 7. The highest BCUT2D eigenvalue weighted by atomic mass is 31.2. The first-order valence-electron chi connectivity index (χ1n) is 18.5. The van der Waals surface area contributed by atoms with Crippen LogP contribution in [-0.4, -0.2) is 54.3 Å². The molecule has 0 fully saturated rings. The number of phosphoric acid groups is 1. The Labute approximate surface area is 286 Å². The molecule has 2 unspecified atom stereocenters. The molecule has 0 aromatic carbocycles. The molecule has 0 saturated carbocycles. The number of carbonyl (C=O) groups excluding carboxylic acids is 2. The van der Waals surface area contributed by atoms with Crippen LogP contribution in [0.25, 0.3) is 0 Å². The lowest BCUT2D eigenvalue weighted by Gasteiger charge is -2.15. The SMILES string of the molecule is CC/C=C\C/C=C\C/C=C\CCCCCCCC(=O)NCCOP(=O)(O)OCC(O)COC(=O)CCCCCCCCCCCCC. The summed E-state index contributed by atoms with van der Waals surface area (Å²) in [5.41, 5.74) is 0. The zero-order chi connectivity index (χ0) is 34.7. The van der Waals surface area contributed by atoms with E-state index in [0.717, 1.165) is 77.0 Å². The summed E-state index contributed by atoms with van der Waals surface area (Å²) < 4.78 is 26.7. The smallest absolute Gasteiger partial charge is 0.463 e. The molecule has 274 valence electrons. The molecule has 0 aromatic heterocycles. The number of rotatable bonds is 34. The third-order valence-electron chi connectivity index (χ3n) is 7.58. The fourth-order valence-corrected chi connectivity index (χ4v) is 5.56. The van der Waals surface area contributed by atoms with E-state index < -0.39 is 26.5 Å². The standard InChI is InChI=1S/C37H68NO8P/c1-3-5-7-9-11-13-15-16-17-18-20-21-23-25-27-29-36(40)38-31-32-45-47(42,43)46-34-35(39)33-44-37(41)30-28-26-24-22-19-14-12-10-8-6-4-2/h5,7,11,13,16-17,35,39H,3-4,6,8-10,12,14-15,18-34H2,1-2H3,(H,38,40)(H,42,43)/b7-5-,13-11-,17-16-. The molecule has 0 bridgehead atoms. The maximum Gasteiger partial charge on any atom is 0.472 e. The zero-order valence-corrected chi connectivity index (χ0v) is 30.6. The van der Waals surface area contributed by atoms with Gasteiger partial charge in [-0.05, 0) is 44.9 Å². The second-order valence-corrected chi connectivity index (χ2v) is 13.6. The first-order valence-corrected chi connectivity index (χ1v) is 20.0. The molecule has 3 N–H and O–H groups in total. The minimum absolute atomic E-state index is 0.0723. The summed E-state index contributed by atoms with van der Waals surface area (Å²) in [4.78, 5) is 33.7. The number of nitrogens with one attached hydrogen (secondary N) is 1. The Bertz CT molecular complexity index is 876. The Kier molecular flexibility index (Phi) is 32.8. The number of ether oxygens (including phenoxy) is 1. The van der Waals surface area contributed by atoms with Gasteiger partial charge in [-0.3, -0.25) is 18.6 Å². The molecule has 0 heterocycles. The molecule has 0 spiro atoms. The van der Waals surface area contributed by atoms with E-state index in [1.807, 2.05) is 0 Å². The van der Waals surface area contributed by atoms with Gasteiger partial charge in [0.1, 0.15) is 12.7 Å². The van der Waals surface area contributed by atoms with Gasteiger partial charge in [0, 0.05) is 19.4 Å². The number of esters is 1. The van der Waals surface area contributed by atoms with Gasteiger partial charge in [0.05, 0.1) is 13.2 Å². The third-order valence-corrected chi connectivity index (χ3v) is 8.57. The molecule has 1 amide bonds. The predicted molar refractivity (Wildman–Crippen MR) is 192 cm³/mol. The first-order chi connectivity index (χ1) is 22.8. The second kappa shape index (κ2) is 34.1. The van der Waals surface area contributed by atoms with Crippen LogP contribution in [0.2, 0.25) is 0 Å². The topological polar surface area (TPSA) is 131 Å². The second-order valence-electron chi connectivity index (χ2n) is 12.2. The Morgan fingerprint density at radius 2 is 1.21 bits per heavy atom. The molecule has 9 nitrogen and oxygen atoms in total. The lowest BCUT2D eigenvalue weighted by atomic mass is 10.1. The number of phosphoric ester groups is 1. The third kappa shape index (κ3) is 35.4. The molecule has 0 rings (SSSR count). The number of aliphatic hydroxyl groups is 1. The molecular formula is C37H68NO8P. The predicted octanol–water partition coefficient (Wildman–Crippen LogP) is 9.43. The van der Waals surface area contributed by atoms with E-state index in [4.69, 9.17) is 13.8 Å². The van der Waals surface area contributed by atoms with E-state index >= 15 is 0 Å². The molecule has 0 radical (unpaired) electrons. The van der Waals surface area contributed by atoms with Crippen molar-refractivity contribution in [2.45, 2.75) is 161 Å². The van der Waals surface area contributed by atoms with Crippen molar-refractivity contribution in [2.24, 2.45) is 0 Å². The van der Waals surface area contributed by atoms with Crippen molar-refractivity contribution in [3.05, 3.63) is 36.5 Å². The fraction of sp³-hybridized carbons (Fsp3) is 0.784. The number of amides is 1. The van der Waals surface area contributed by atoms with Crippen molar-refractivity contribution in [2.75, 3.05) is 26.4 Å². The highest BCUT2D eigenvalue weighted by Crippen LogP contribution is 2.42. The molecule has 47 heavy (non-hydrogen) atoms. The summed E-state index contributed by atoms with van der Waals surface area (Å²) >= 11 is 0. The van der Waals surface area contributed by atoms with Crippen LogP contribution in [0.15, 0.2) is 36.5 Å². The number of carbonyl (C=O) groups is 2. The summed E-state index contributed by atoms with van der Waals surface area (Å²) in [6.07, 6.45) is 35.0. The van der Waals surface area contributed by atoms with Crippen LogP contribution in [0.3, 0.4) is 0 Å². The average molecular weight is 686 g/mol. The van der Waals surface area contributed by atoms with Crippen molar-refractivity contribution in [3.63, 3.8) is 0 Å². The van der Waals surface area contributed by atoms with Crippen LogP contribution >= 0.6 is 7.82 Å². The van der Waals surface area contributed by atoms with Crippen molar-refractivity contribution in [1.29, 1.82) is 0 Å². The average Bonchev–Trinajstić information content (AvgIpc) is 3.05. The van der Waals surface area contributed by atoms with Crippen LogP contribution in [0, 0.1) is 0 Å². The maximum absolute atomic E-state index is 12.0. The van der Waals surface area contributed by atoms with Gasteiger partial charge < -0.3 is 20.1 Å². The van der Waals surface area contributed by atoms with Gasteiger partial charge in [-0.25, -0.2) is 4.57 Å². The molecule has 0 aliphatic carbocycles. The van der Waals surface area contributed by atoms with Gasteiger partial charge in [0.2, 0.25) is 5.91 Å². The zero-order valence-electron chi connectivity index (χ0n) is 29.7. The monoisotopic (exact) mass is 685 g/mol. The molecule has 2 atom stereocenters. The van der Waals surface area contributed by atoms with Crippen molar-refractivity contribution < 1.29 is 37.9 Å². The van der Waals surface area contributed by atoms with Gasteiger partial charge in [-0.2, -0.15) is 0 Å². The fourth-order valence-electron chi connectivity index (χ4n) is 4.80. The first kappa shape index (κ1) is 45.2. The largest absolute Gasteiger partial charge is 0.472 e. The molecule has 10 heteroatoms. The Balaban J connectivity index is 3.66. The number of unbranched alkanes of at least 4 members (excludes halogenated alkanes) is 15. The Morgan fingerprint density at radius 1 is 0.681 bits per heavy atom. The molecule has 0 aliphatic rings. The van der Waals surface area contributed by atoms with Crippen LogP contribution < -0.4 is 5.32 Å². The summed E-state index contributed by atoms with van der Waals surface area (Å²) in [5.74, 6) is -0.536. The van der Waals surface area contributed by atoms with E-state index in [1.54, 1.807) is 0 Å². The van der Waals surface area contributed by atoms with Gasteiger partial charge >= 0.3 is 13.8 Å². The van der Waals surface area contributed by atoms with E-state index in [-0.39, 0.29) is 32.1 Å². The Morgan fingerprint density at radius 3 is 1.83 bits per heavy atom. The van der Waals surface area contributed by atoms with Crippen LogP contribution in [0.1, 0.15) is 155 Å². The molecular weight excluding hydrogens is 617 g/mol. The highest BCUT2D eigenvalue weighted by molar-refractivity contribution is 7.47. The lowest BCUT2D eigenvalue weighted by molar-refractivity contribution is -0.147. The summed E-state index contributed by atoms with van der Waals surface area (Å²) in [5, 5.41) is 12.6. The van der Waals surface area contributed by atoms with Crippen molar-refractivity contribution in [3.8, 4) is 0 Å². The van der Waals surface area contributed by atoms with Gasteiger partial charge in [0.15, 0.2) is 0 Å². The van der Waals surface area contributed by atoms with Crippen LogP contribution in [0.4, 0.5) is 0 Å². The van der Waals surface area contributed by atoms with E-state index in [9.17, 15) is 24.2 Å². The van der Waals surface area contributed by atoms with Crippen LogP contribution in [-0.2, 0) is 27.9 Å². The highest BCUT2D eigenvalue weighted by Gasteiger charge is 2.23.